The molecule has 13 heavy (non-hydrogen) atoms. The molecule has 2 N–H and O–H groups in total. The van der Waals surface area contributed by atoms with Crippen molar-refractivity contribution in [3.05, 3.63) is 11.8 Å². The number of allylic oxidation sites excluding steroid dienone is 2. The molecule has 0 aromatic carbocycles. The predicted octanol–water partition coefficient (Wildman–Crippen LogP) is 2.49. The Hall–Kier alpha value is -0.790. The van der Waals surface area contributed by atoms with Crippen molar-refractivity contribution in [3.8, 4) is 0 Å². The second-order valence-corrected chi connectivity index (χ2v) is 4.55. The fraction of sp³-hybridized carbons (Fsp3) is 0.727. The summed E-state index contributed by atoms with van der Waals surface area (Å²) in [6.45, 7) is 9.91. The highest BCUT2D eigenvalue weighted by Crippen LogP contribution is 2.27. The average Bonchev–Trinajstić information content (AvgIpc) is 1.99. The van der Waals surface area contributed by atoms with Gasteiger partial charge in [-0.1, -0.05) is 33.8 Å². The molecule has 0 bridgehead atoms. The topological polar surface area (TPSA) is 43.1 Å². The van der Waals surface area contributed by atoms with Crippen LogP contribution in [0.4, 0.5) is 0 Å². The van der Waals surface area contributed by atoms with Gasteiger partial charge in [-0.15, -0.1) is 0 Å². The van der Waals surface area contributed by atoms with Gasteiger partial charge in [-0.2, -0.15) is 0 Å². The Morgan fingerprint density at radius 2 is 1.92 bits per heavy atom. The minimum atomic E-state index is -0.329. The third-order valence-electron chi connectivity index (χ3n) is 2.11. The van der Waals surface area contributed by atoms with E-state index in [2.05, 4.69) is 13.8 Å². The van der Waals surface area contributed by atoms with Crippen LogP contribution in [0.3, 0.4) is 0 Å². The van der Waals surface area contributed by atoms with Crippen LogP contribution < -0.4 is 5.73 Å². The van der Waals surface area contributed by atoms with E-state index in [-0.39, 0.29) is 11.2 Å². The molecule has 0 unspecified atom stereocenters. The van der Waals surface area contributed by atoms with E-state index in [9.17, 15) is 4.79 Å². The molecular weight excluding hydrogens is 162 g/mol. The summed E-state index contributed by atoms with van der Waals surface area (Å²) in [4.78, 5) is 11.7. The molecule has 0 aromatic heterocycles. The van der Waals surface area contributed by atoms with Crippen LogP contribution in [0.25, 0.3) is 0 Å². The quantitative estimate of drug-likeness (QED) is 0.680. The number of ketones is 1. The van der Waals surface area contributed by atoms with Crippen LogP contribution >= 0.6 is 0 Å². The lowest BCUT2D eigenvalue weighted by Crippen LogP contribution is -2.30. The maximum absolute atomic E-state index is 11.7. The summed E-state index contributed by atoms with van der Waals surface area (Å²) in [7, 11) is 0. The van der Waals surface area contributed by atoms with Crippen molar-refractivity contribution < 1.29 is 4.79 Å². The lowest BCUT2D eigenvalue weighted by molar-refractivity contribution is -0.124. The molecule has 0 aliphatic carbocycles. The van der Waals surface area contributed by atoms with Gasteiger partial charge in [0.1, 0.15) is 0 Å². The van der Waals surface area contributed by atoms with E-state index in [4.69, 9.17) is 5.73 Å². The molecule has 2 heteroatoms. The van der Waals surface area contributed by atoms with Gasteiger partial charge in [0.05, 0.1) is 5.70 Å². The predicted molar refractivity (Wildman–Crippen MR) is 56.2 cm³/mol. The molecule has 0 fully saturated rings. The number of hydrogen-bond acceptors (Lipinski definition) is 2. The Morgan fingerprint density at radius 3 is 2.23 bits per heavy atom. The lowest BCUT2D eigenvalue weighted by Gasteiger charge is -2.25. The van der Waals surface area contributed by atoms with Crippen molar-refractivity contribution in [2.75, 3.05) is 0 Å². The van der Waals surface area contributed by atoms with Crippen LogP contribution in [-0.2, 0) is 4.79 Å². The lowest BCUT2D eigenvalue weighted by atomic mass is 9.79. The average molecular weight is 183 g/mol. The van der Waals surface area contributed by atoms with Crippen LogP contribution in [0, 0.1) is 11.3 Å². The molecule has 0 aliphatic rings. The second-order valence-electron chi connectivity index (χ2n) is 4.55. The van der Waals surface area contributed by atoms with Gasteiger partial charge in [0.2, 0.25) is 0 Å². The van der Waals surface area contributed by atoms with Gasteiger partial charge in [0.25, 0.3) is 0 Å². The number of carbonyl (C=O) groups is 1. The fourth-order valence-corrected chi connectivity index (χ4v) is 1.64. The first kappa shape index (κ1) is 12.2. The number of nitrogens with two attached hydrogens (primary N) is 1. The van der Waals surface area contributed by atoms with Crippen molar-refractivity contribution in [1.29, 1.82) is 0 Å². The zero-order chi connectivity index (χ0) is 10.6. The van der Waals surface area contributed by atoms with E-state index < -0.39 is 0 Å². The number of rotatable bonds is 4. The van der Waals surface area contributed by atoms with E-state index >= 15 is 0 Å². The Labute approximate surface area is 81.2 Å². The summed E-state index contributed by atoms with van der Waals surface area (Å²) in [5.41, 5.74) is 5.64. The monoisotopic (exact) mass is 183 g/mol. The summed E-state index contributed by atoms with van der Waals surface area (Å²) in [5, 5.41) is 0. The van der Waals surface area contributed by atoms with Crippen molar-refractivity contribution >= 4 is 5.78 Å². The molecule has 0 spiro atoms. The Kier molecular flexibility index (Phi) is 4.18. The molecular formula is C11H21NO. The van der Waals surface area contributed by atoms with Gasteiger partial charge in [0.15, 0.2) is 5.78 Å². The third-order valence-corrected chi connectivity index (χ3v) is 2.11. The summed E-state index contributed by atoms with van der Waals surface area (Å²) >= 11 is 0. The molecule has 0 saturated carbocycles. The highest BCUT2D eigenvalue weighted by atomic mass is 16.1. The molecule has 0 amide bonds. The minimum absolute atomic E-state index is 0.0590. The summed E-state index contributed by atoms with van der Waals surface area (Å²) in [6.07, 6.45) is 2.55. The zero-order valence-corrected chi connectivity index (χ0v) is 9.35. The summed E-state index contributed by atoms with van der Waals surface area (Å²) < 4.78 is 0. The zero-order valence-electron chi connectivity index (χ0n) is 9.35. The fourth-order valence-electron chi connectivity index (χ4n) is 1.64. The van der Waals surface area contributed by atoms with Gasteiger partial charge in [-0.05, 0) is 19.3 Å². The molecule has 0 atom stereocenters. The van der Waals surface area contributed by atoms with Crippen molar-refractivity contribution in [2.24, 2.45) is 17.1 Å². The van der Waals surface area contributed by atoms with E-state index in [1.807, 2.05) is 13.8 Å². The maximum atomic E-state index is 11.7. The van der Waals surface area contributed by atoms with Crippen LogP contribution in [0.2, 0.25) is 0 Å². The summed E-state index contributed by atoms with van der Waals surface area (Å²) in [6, 6.07) is 0. The Morgan fingerprint density at radius 1 is 1.46 bits per heavy atom. The van der Waals surface area contributed by atoms with E-state index in [1.165, 1.54) is 0 Å². The van der Waals surface area contributed by atoms with Crippen molar-refractivity contribution in [1.82, 2.24) is 0 Å². The number of Topliss-reactive ketones (excluding diaryl/α,β-unsaturated/α-hetero) is 1. The maximum Gasteiger partial charge on any atom is 0.183 e. The van der Waals surface area contributed by atoms with E-state index in [1.54, 1.807) is 13.0 Å². The first-order valence-electron chi connectivity index (χ1n) is 4.78. The molecule has 2 nitrogen and oxygen atoms in total. The van der Waals surface area contributed by atoms with Crippen LogP contribution in [0.1, 0.15) is 41.0 Å². The first-order chi connectivity index (χ1) is 5.81. The molecule has 0 radical (unpaired) electrons. The largest absolute Gasteiger partial charge is 0.396 e. The highest BCUT2D eigenvalue weighted by molar-refractivity contribution is 5.98. The highest BCUT2D eigenvalue weighted by Gasteiger charge is 2.29. The van der Waals surface area contributed by atoms with Gasteiger partial charge < -0.3 is 5.73 Å². The van der Waals surface area contributed by atoms with Crippen molar-refractivity contribution in [3.63, 3.8) is 0 Å². The smallest absolute Gasteiger partial charge is 0.183 e. The van der Waals surface area contributed by atoms with Gasteiger partial charge in [-0.3, -0.25) is 4.79 Å². The molecule has 0 aromatic rings. The SMILES string of the molecule is C/C=C(/N)C(=O)C(C)(C)CC(C)C. The van der Waals surface area contributed by atoms with E-state index in [0.717, 1.165) is 6.42 Å². The standard InChI is InChI=1S/C11H21NO/c1-6-9(12)10(13)11(4,5)7-8(2)3/h6,8H,7,12H2,1-5H3/b9-6+. The van der Waals surface area contributed by atoms with Crippen molar-refractivity contribution in [2.45, 2.75) is 41.0 Å². The summed E-state index contributed by atoms with van der Waals surface area (Å²) in [5.74, 6) is 0.576. The molecule has 0 aliphatic heterocycles. The van der Waals surface area contributed by atoms with Gasteiger partial charge in [0, 0.05) is 5.41 Å². The normalized spacial score (nSPS) is 13.5. The number of hydrogen-bond donors (Lipinski definition) is 1. The first-order valence-corrected chi connectivity index (χ1v) is 4.78. The molecule has 76 valence electrons. The molecule has 0 rings (SSSR count). The third kappa shape index (κ3) is 3.62. The Balaban J connectivity index is 4.54. The van der Waals surface area contributed by atoms with Gasteiger partial charge >= 0.3 is 0 Å². The van der Waals surface area contributed by atoms with E-state index in [0.29, 0.717) is 11.6 Å². The van der Waals surface area contributed by atoms with Crippen LogP contribution in [0.5, 0.6) is 0 Å². The minimum Gasteiger partial charge on any atom is -0.396 e. The van der Waals surface area contributed by atoms with Crippen LogP contribution in [-0.4, -0.2) is 5.78 Å². The molecule has 0 saturated heterocycles. The molecule has 0 heterocycles. The Bertz CT molecular complexity index is 214. The second kappa shape index (κ2) is 4.45. The number of carbonyl (C=O) groups excluding carboxylic acids is 1. The van der Waals surface area contributed by atoms with Crippen LogP contribution in [0.15, 0.2) is 11.8 Å². The van der Waals surface area contributed by atoms with Gasteiger partial charge in [-0.25, -0.2) is 0 Å².